The Balaban J connectivity index is 1.85. The number of aliphatic imine (C=N–C) groups is 2. The molecular weight excluding hydrogens is 444 g/mol. The molecule has 0 spiro atoms. The maximum absolute atomic E-state index is 5.14. The van der Waals surface area contributed by atoms with Crippen LogP contribution in [0.4, 0.5) is 11.4 Å². The lowest BCUT2D eigenvalue weighted by atomic mass is 9.86. The first kappa shape index (κ1) is 25.1. The van der Waals surface area contributed by atoms with Crippen molar-refractivity contribution in [3.8, 4) is 0 Å². The summed E-state index contributed by atoms with van der Waals surface area (Å²) in [6.45, 7) is 17.7. The van der Waals surface area contributed by atoms with E-state index in [1.54, 1.807) is 11.3 Å². The van der Waals surface area contributed by atoms with E-state index >= 15 is 0 Å². The van der Waals surface area contributed by atoms with Gasteiger partial charge in [0.2, 0.25) is 0 Å². The van der Waals surface area contributed by atoms with Gasteiger partial charge >= 0.3 is 0 Å². The lowest BCUT2D eigenvalue weighted by molar-refractivity contribution is 0.591. The molecule has 0 N–H and O–H groups in total. The van der Waals surface area contributed by atoms with Crippen molar-refractivity contribution in [3.63, 3.8) is 0 Å². The molecule has 3 heteroatoms. The zero-order valence-corrected chi connectivity index (χ0v) is 23.0. The standard InChI is InChI=1S/C32H36N2S/c1-21(33-27-19-13-11-17-25(27)31(3,4)5)29-23-15-9-10-16-24(23)30(35-29)22(2)34-28-20-14-12-18-26(28)32(6,7)8/h9-20H,1-8H3/b33-21+,34-22+. The molecule has 0 atom stereocenters. The molecule has 2 nitrogen and oxygen atoms in total. The predicted octanol–water partition coefficient (Wildman–Crippen LogP) is 9.78. The summed E-state index contributed by atoms with van der Waals surface area (Å²) in [5.41, 5.74) is 6.75. The zero-order valence-electron chi connectivity index (χ0n) is 22.2. The molecule has 0 aliphatic carbocycles. The molecule has 3 aromatic carbocycles. The van der Waals surface area contributed by atoms with E-state index in [0.29, 0.717) is 0 Å². The third-order valence-corrected chi connectivity index (χ3v) is 7.72. The highest BCUT2D eigenvalue weighted by atomic mass is 32.1. The summed E-state index contributed by atoms with van der Waals surface area (Å²) in [4.78, 5) is 12.7. The normalized spacial score (nSPS) is 13.5. The van der Waals surface area contributed by atoms with E-state index in [4.69, 9.17) is 9.98 Å². The molecule has 0 fully saturated rings. The Morgan fingerprint density at radius 2 is 0.886 bits per heavy atom. The van der Waals surface area contributed by atoms with Crippen molar-refractivity contribution in [2.75, 3.05) is 0 Å². The second-order valence-electron chi connectivity index (χ2n) is 11.2. The van der Waals surface area contributed by atoms with Gasteiger partial charge in [0.05, 0.1) is 32.6 Å². The van der Waals surface area contributed by atoms with Gasteiger partial charge in [-0.3, -0.25) is 9.98 Å². The molecule has 0 saturated heterocycles. The summed E-state index contributed by atoms with van der Waals surface area (Å²) in [5.74, 6) is 0. The van der Waals surface area contributed by atoms with Crippen LogP contribution in [0.5, 0.6) is 0 Å². The summed E-state index contributed by atoms with van der Waals surface area (Å²) in [5, 5.41) is 2.47. The predicted molar refractivity (Wildman–Crippen MR) is 156 cm³/mol. The summed E-state index contributed by atoms with van der Waals surface area (Å²) < 4.78 is 0. The average molecular weight is 481 g/mol. The van der Waals surface area contributed by atoms with Gasteiger partial charge in [-0.2, -0.15) is 0 Å². The first-order chi connectivity index (χ1) is 16.5. The molecule has 35 heavy (non-hydrogen) atoms. The van der Waals surface area contributed by atoms with Crippen LogP contribution in [-0.4, -0.2) is 11.4 Å². The number of thiophene rings is 1. The quantitative estimate of drug-likeness (QED) is 0.260. The van der Waals surface area contributed by atoms with Crippen LogP contribution in [0, 0.1) is 0 Å². The van der Waals surface area contributed by atoms with Crippen LogP contribution in [0.1, 0.15) is 76.3 Å². The average Bonchev–Trinajstić information content (AvgIpc) is 3.18. The fourth-order valence-electron chi connectivity index (χ4n) is 4.50. The van der Waals surface area contributed by atoms with E-state index in [-0.39, 0.29) is 10.8 Å². The first-order valence-electron chi connectivity index (χ1n) is 12.3. The summed E-state index contributed by atoms with van der Waals surface area (Å²) in [6.07, 6.45) is 0. The Morgan fingerprint density at radius 1 is 0.543 bits per heavy atom. The Kier molecular flexibility index (Phi) is 6.83. The fourth-order valence-corrected chi connectivity index (χ4v) is 5.67. The molecule has 0 bridgehead atoms. The van der Waals surface area contributed by atoms with Crippen molar-refractivity contribution in [1.29, 1.82) is 0 Å². The molecule has 0 radical (unpaired) electrons. The molecule has 180 valence electrons. The van der Waals surface area contributed by atoms with Gasteiger partial charge in [-0.05, 0) is 47.9 Å². The smallest absolute Gasteiger partial charge is 0.0670 e. The van der Waals surface area contributed by atoms with Crippen LogP contribution in [-0.2, 0) is 10.8 Å². The van der Waals surface area contributed by atoms with E-state index in [9.17, 15) is 0 Å². The largest absolute Gasteiger partial charge is 0.252 e. The van der Waals surface area contributed by atoms with Crippen molar-refractivity contribution in [1.82, 2.24) is 0 Å². The van der Waals surface area contributed by atoms with E-state index in [1.165, 1.54) is 31.7 Å². The second kappa shape index (κ2) is 9.54. The van der Waals surface area contributed by atoms with Gasteiger partial charge in [0, 0.05) is 10.8 Å². The molecule has 4 aromatic rings. The molecule has 1 aromatic heterocycles. The zero-order chi connectivity index (χ0) is 25.4. The maximum atomic E-state index is 5.14. The number of benzene rings is 3. The second-order valence-corrected chi connectivity index (χ2v) is 12.3. The SMILES string of the molecule is C/C(=N\c1ccccc1C(C)(C)C)c1sc(/C(C)=N/c2ccccc2C(C)(C)C)c2ccccc12. The number of hydrogen-bond donors (Lipinski definition) is 0. The van der Waals surface area contributed by atoms with E-state index in [2.05, 4.69) is 128 Å². The van der Waals surface area contributed by atoms with Crippen LogP contribution in [0.25, 0.3) is 10.8 Å². The van der Waals surface area contributed by atoms with Crippen molar-refractivity contribution < 1.29 is 0 Å². The van der Waals surface area contributed by atoms with Gasteiger partial charge in [-0.1, -0.05) is 102 Å². The highest BCUT2D eigenvalue weighted by molar-refractivity contribution is 7.18. The van der Waals surface area contributed by atoms with Gasteiger partial charge in [0.25, 0.3) is 0 Å². The molecular formula is C32H36N2S. The molecule has 0 aliphatic heterocycles. The Bertz CT molecular complexity index is 1310. The maximum Gasteiger partial charge on any atom is 0.0670 e. The highest BCUT2D eigenvalue weighted by Crippen LogP contribution is 2.37. The third-order valence-electron chi connectivity index (χ3n) is 6.28. The monoisotopic (exact) mass is 480 g/mol. The van der Waals surface area contributed by atoms with Crippen molar-refractivity contribution in [2.24, 2.45) is 9.98 Å². The van der Waals surface area contributed by atoms with Crippen LogP contribution >= 0.6 is 11.3 Å². The van der Waals surface area contributed by atoms with Crippen LogP contribution in [0.3, 0.4) is 0 Å². The number of rotatable bonds is 4. The van der Waals surface area contributed by atoms with Gasteiger partial charge in [-0.15, -0.1) is 11.3 Å². The number of para-hydroxylation sites is 2. The Hall–Kier alpha value is -3.04. The first-order valence-corrected chi connectivity index (χ1v) is 13.1. The molecule has 1 heterocycles. The van der Waals surface area contributed by atoms with E-state index in [1.807, 2.05) is 0 Å². The van der Waals surface area contributed by atoms with Crippen LogP contribution in [0.2, 0.25) is 0 Å². The fraction of sp³-hybridized carbons (Fsp3) is 0.312. The van der Waals surface area contributed by atoms with Crippen LogP contribution in [0.15, 0.2) is 82.8 Å². The topological polar surface area (TPSA) is 24.7 Å². The summed E-state index contributed by atoms with van der Waals surface area (Å²) >= 11 is 1.79. The molecule has 4 rings (SSSR count). The van der Waals surface area contributed by atoms with Gasteiger partial charge in [0.15, 0.2) is 0 Å². The van der Waals surface area contributed by atoms with Gasteiger partial charge in [0.1, 0.15) is 0 Å². The van der Waals surface area contributed by atoms with Crippen LogP contribution < -0.4 is 0 Å². The molecule has 0 unspecified atom stereocenters. The van der Waals surface area contributed by atoms with E-state index in [0.717, 1.165) is 22.8 Å². The number of hydrogen-bond acceptors (Lipinski definition) is 3. The minimum Gasteiger partial charge on any atom is -0.252 e. The van der Waals surface area contributed by atoms with Gasteiger partial charge in [-0.25, -0.2) is 0 Å². The number of nitrogens with zero attached hydrogens (tertiary/aromatic N) is 2. The Morgan fingerprint density at radius 3 is 1.26 bits per heavy atom. The summed E-state index contributed by atoms with van der Waals surface area (Å²) in [7, 11) is 0. The third kappa shape index (κ3) is 5.31. The molecule has 0 saturated carbocycles. The van der Waals surface area contributed by atoms with Gasteiger partial charge < -0.3 is 0 Å². The van der Waals surface area contributed by atoms with Crippen molar-refractivity contribution >= 4 is 44.9 Å². The minimum absolute atomic E-state index is 0.0345. The minimum atomic E-state index is 0.0345. The number of fused-ring (bicyclic) bond motifs is 1. The van der Waals surface area contributed by atoms with E-state index < -0.39 is 0 Å². The molecule has 0 amide bonds. The Labute approximate surface area is 214 Å². The summed E-state index contributed by atoms with van der Waals surface area (Å²) in [6, 6.07) is 25.6. The lowest BCUT2D eigenvalue weighted by Gasteiger charge is -2.21. The lowest BCUT2D eigenvalue weighted by Crippen LogP contribution is -2.11. The molecule has 0 aliphatic rings. The van der Waals surface area contributed by atoms with Crippen molar-refractivity contribution in [3.05, 3.63) is 93.7 Å². The highest BCUT2D eigenvalue weighted by Gasteiger charge is 2.20. The van der Waals surface area contributed by atoms with Crippen molar-refractivity contribution in [2.45, 2.75) is 66.2 Å².